The van der Waals surface area contributed by atoms with Gasteiger partial charge in [0.1, 0.15) is 18.9 Å². The zero-order chi connectivity index (χ0) is 15.9. The van der Waals surface area contributed by atoms with E-state index in [0.717, 1.165) is 11.3 Å². The van der Waals surface area contributed by atoms with Gasteiger partial charge in [-0.25, -0.2) is 9.48 Å². The molecule has 2 N–H and O–H groups in total. The van der Waals surface area contributed by atoms with Crippen LogP contribution in [0.15, 0.2) is 30.5 Å². The summed E-state index contributed by atoms with van der Waals surface area (Å²) in [6.45, 7) is 2.53. The molecule has 1 aromatic carbocycles. The van der Waals surface area contributed by atoms with Crippen LogP contribution < -0.4 is 10.1 Å². The van der Waals surface area contributed by atoms with Gasteiger partial charge in [-0.3, -0.25) is 4.79 Å². The van der Waals surface area contributed by atoms with Crippen molar-refractivity contribution >= 4 is 11.9 Å². The number of ether oxygens (including phenoxy) is 1. The average molecular weight is 304 g/mol. The van der Waals surface area contributed by atoms with E-state index in [9.17, 15) is 9.59 Å². The molecule has 0 spiro atoms. The number of aromatic nitrogens is 3. The van der Waals surface area contributed by atoms with Crippen LogP contribution in [0.4, 0.5) is 0 Å². The molecule has 1 aromatic heterocycles. The lowest BCUT2D eigenvalue weighted by Gasteiger charge is -2.09. The molecule has 0 unspecified atom stereocenters. The molecular weight excluding hydrogens is 288 g/mol. The highest BCUT2D eigenvalue weighted by Crippen LogP contribution is 2.15. The number of hydrogen-bond donors (Lipinski definition) is 2. The third kappa shape index (κ3) is 4.30. The molecule has 0 aliphatic heterocycles. The van der Waals surface area contributed by atoms with Gasteiger partial charge in [-0.2, -0.15) is 0 Å². The molecular formula is C14H16N4O4. The van der Waals surface area contributed by atoms with E-state index in [2.05, 4.69) is 15.6 Å². The van der Waals surface area contributed by atoms with Gasteiger partial charge in [-0.1, -0.05) is 23.4 Å². The topological polar surface area (TPSA) is 106 Å². The molecule has 1 amide bonds. The molecule has 116 valence electrons. The van der Waals surface area contributed by atoms with Crippen molar-refractivity contribution in [2.24, 2.45) is 0 Å². The lowest BCUT2D eigenvalue weighted by Crippen LogP contribution is -2.31. The summed E-state index contributed by atoms with van der Waals surface area (Å²) in [7, 11) is 0. The van der Waals surface area contributed by atoms with Crippen molar-refractivity contribution in [2.45, 2.75) is 13.5 Å². The van der Waals surface area contributed by atoms with Crippen molar-refractivity contribution in [3.05, 3.63) is 41.7 Å². The highest BCUT2D eigenvalue weighted by molar-refractivity contribution is 5.84. The first-order valence-corrected chi connectivity index (χ1v) is 6.65. The van der Waals surface area contributed by atoms with Crippen molar-refractivity contribution in [3.63, 3.8) is 0 Å². The van der Waals surface area contributed by atoms with Crippen LogP contribution in [0.1, 0.15) is 16.1 Å². The number of nitrogens with zero attached hydrogens (tertiary/aromatic N) is 3. The minimum atomic E-state index is -1.18. The van der Waals surface area contributed by atoms with Crippen LogP contribution in [0, 0.1) is 6.92 Å². The van der Waals surface area contributed by atoms with Crippen molar-refractivity contribution in [2.75, 3.05) is 13.2 Å². The number of aromatic carboxylic acids is 1. The van der Waals surface area contributed by atoms with E-state index in [1.165, 1.54) is 10.9 Å². The van der Waals surface area contributed by atoms with Crippen LogP contribution in [0.2, 0.25) is 0 Å². The van der Waals surface area contributed by atoms with Crippen molar-refractivity contribution < 1.29 is 19.4 Å². The quantitative estimate of drug-likeness (QED) is 0.721. The van der Waals surface area contributed by atoms with E-state index in [4.69, 9.17) is 9.84 Å². The first-order valence-electron chi connectivity index (χ1n) is 6.65. The fraction of sp³-hybridized carbons (Fsp3) is 0.286. The van der Waals surface area contributed by atoms with Gasteiger partial charge in [0.25, 0.3) is 0 Å². The van der Waals surface area contributed by atoms with E-state index >= 15 is 0 Å². The fourth-order valence-corrected chi connectivity index (χ4v) is 1.75. The minimum Gasteiger partial charge on any atom is -0.491 e. The van der Waals surface area contributed by atoms with Gasteiger partial charge in [0.2, 0.25) is 5.91 Å². The maximum Gasteiger partial charge on any atom is 0.358 e. The molecule has 0 saturated heterocycles. The standard InChI is InChI=1S/C14H16N4O4/c1-10-4-2-3-5-12(10)22-7-6-15-13(19)9-18-8-11(14(20)21)16-17-18/h2-5,8H,6-7,9H2,1H3,(H,15,19)(H,20,21). The number of carboxylic acids is 1. The van der Waals surface area contributed by atoms with Crippen molar-refractivity contribution in [1.82, 2.24) is 20.3 Å². The zero-order valence-electron chi connectivity index (χ0n) is 12.0. The summed E-state index contributed by atoms with van der Waals surface area (Å²) in [4.78, 5) is 22.3. The number of hydrogen-bond acceptors (Lipinski definition) is 5. The average Bonchev–Trinajstić information content (AvgIpc) is 2.94. The maximum atomic E-state index is 11.7. The molecule has 0 atom stereocenters. The van der Waals surface area contributed by atoms with Gasteiger partial charge >= 0.3 is 5.97 Å². The van der Waals surface area contributed by atoms with E-state index < -0.39 is 5.97 Å². The molecule has 1 heterocycles. The Morgan fingerprint density at radius 3 is 2.82 bits per heavy atom. The summed E-state index contributed by atoms with van der Waals surface area (Å²) in [5, 5.41) is 18.3. The highest BCUT2D eigenvalue weighted by Gasteiger charge is 2.10. The molecule has 0 radical (unpaired) electrons. The molecule has 0 fully saturated rings. The van der Waals surface area contributed by atoms with Crippen LogP contribution in [-0.2, 0) is 11.3 Å². The smallest absolute Gasteiger partial charge is 0.358 e. The Labute approximate surface area is 126 Å². The van der Waals surface area contributed by atoms with Gasteiger partial charge in [0, 0.05) is 0 Å². The van der Waals surface area contributed by atoms with Crippen molar-refractivity contribution in [3.8, 4) is 5.75 Å². The molecule has 22 heavy (non-hydrogen) atoms. The maximum absolute atomic E-state index is 11.7. The molecule has 2 aromatic rings. The van der Waals surface area contributed by atoms with Crippen molar-refractivity contribution in [1.29, 1.82) is 0 Å². The van der Waals surface area contributed by atoms with E-state index in [1.54, 1.807) is 0 Å². The Kier molecular flexibility index (Phi) is 5.07. The second-order valence-corrected chi connectivity index (χ2v) is 4.57. The summed E-state index contributed by atoms with van der Waals surface area (Å²) in [5.74, 6) is -0.701. The first kappa shape index (κ1) is 15.5. The second-order valence-electron chi connectivity index (χ2n) is 4.57. The Morgan fingerprint density at radius 1 is 1.36 bits per heavy atom. The van der Waals surface area contributed by atoms with E-state index in [0.29, 0.717) is 13.2 Å². The number of carboxylic acid groups (broad SMARTS) is 1. The first-order chi connectivity index (χ1) is 10.6. The molecule has 2 rings (SSSR count). The molecule has 0 bridgehead atoms. The fourth-order valence-electron chi connectivity index (χ4n) is 1.75. The third-order valence-electron chi connectivity index (χ3n) is 2.84. The molecule has 0 aliphatic carbocycles. The molecule has 8 nitrogen and oxygen atoms in total. The van der Waals surface area contributed by atoms with Gasteiger partial charge in [-0.15, -0.1) is 5.10 Å². The molecule has 0 aliphatic rings. The lowest BCUT2D eigenvalue weighted by molar-refractivity contribution is -0.121. The lowest BCUT2D eigenvalue weighted by atomic mass is 10.2. The summed E-state index contributed by atoms with van der Waals surface area (Å²) >= 11 is 0. The number of benzene rings is 1. The van der Waals surface area contributed by atoms with Gasteiger partial charge in [-0.05, 0) is 18.6 Å². The van der Waals surface area contributed by atoms with Gasteiger partial charge in [0.15, 0.2) is 5.69 Å². The Balaban J connectivity index is 1.71. The summed E-state index contributed by atoms with van der Waals surface area (Å²) in [5.41, 5.74) is 0.827. The SMILES string of the molecule is Cc1ccccc1OCCNC(=O)Cn1cc(C(=O)O)nn1. The van der Waals surface area contributed by atoms with Gasteiger partial charge < -0.3 is 15.2 Å². The van der Waals surface area contributed by atoms with Crippen LogP contribution in [-0.4, -0.2) is 45.1 Å². The van der Waals surface area contributed by atoms with E-state index in [1.807, 2.05) is 31.2 Å². The summed E-state index contributed by atoms with van der Waals surface area (Å²) in [6, 6.07) is 7.61. The van der Waals surface area contributed by atoms with Crippen LogP contribution >= 0.6 is 0 Å². The normalized spacial score (nSPS) is 10.2. The van der Waals surface area contributed by atoms with E-state index in [-0.39, 0.29) is 18.1 Å². The Morgan fingerprint density at radius 2 is 2.14 bits per heavy atom. The highest BCUT2D eigenvalue weighted by atomic mass is 16.5. The number of aryl methyl sites for hydroxylation is 1. The number of carbonyl (C=O) groups excluding carboxylic acids is 1. The number of para-hydroxylation sites is 1. The Hall–Kier alpha value is -2.90. The minimum absolute atomic E-state index is 0.0926. The van der Waals surface area contributed by atoms with Gasteiger partial charge in [0.05, 0.1) is 12.7 Å². The zero-order valence-corrected chi connectivity index (χ0v) is 12.0. The van der Waals surface area contributed by atoms with Crippen LogP contribution in [0.5, 0.6) is 5.75 Å². The largest absolute Gasteiger partial charge is 0.491 e. The number of carbonyl (C=O) groups is 2. The predicted molar refractivity (Wildman–Crippen MR) is 76.7 cm³/mol. The second kappa shape index (κ2) is 7.21. The van der Waals surface area contributed by atoms with Crippen LogP contribution in [0.3, 0.4) is 0 Å². The molecule has 8 heteroatoms. The summed E-state index contributed by atoms with van der Waals surface area (Å²) in [6.07, 6.45) is 1.20. The number of rotatable bonds is 7. The molecule has 0 saturated carbocycles. The number of amides is 1. The third-order valence-corrected chi connectivity index (χ3v) is 2.84. The predicted octanol–water partition coefficient (Wildman–Crippen LogP) is 0.480. The summed E-state index contributed by atoms with van der Waals surface area (Å²) < 4.78 is 6.71. The number of nitrogens with one attached hydrogen (secondary N) is 1. The van der Waals surface area contributed by atoms with Crippen LogP contribution in [0.25, 0.3) is 0 Å². The Bertz CT molecular complexity index is 668. The monoisotopic (exact) mass is 304 g/mol.